The maximum Gasteiger partial charge on any atom is 0.271 e. The summed E-state index contributed by atoms with van der Waals surface area (Å²) >= 11 is 1.33. The van der Waals surface area contributed by atoms with Gasteiger partial charge in [-0.1, -0.05) is 84.1 Å². The highest BCUT2D eigenvalue weighted by Gasteiger charge is 2.32. The van der Waals surface area contributed by atoms with Crippen LogP contribution >= 0.6 is 11.3 Å². The molecule has 0 spiro atoms. The van der Waals surface area contributed by atoms with Gasteiger partial charge < -0.3 is 10.1 Å². The molecule has 0 saturated heterocycles. The number of nitrogens with zero attached hydrogens (tertiary/aromatic N) is 2. The summed E-state index contributed by atoms with van der Waals surface area (Å²) in [6, 6.07) is 30.2. The number of anilines is 1. The molecule has 6 rings (SSSR count). The molecule has 0 unspecified atom stereocenters. The summed E-state index contributed by atoms with van der Waals surface area (Å²) in [5.41, 5.74) is 3.16. The molecule has 1 aliphatic rings. The monoisotopic (exact) mass is 531 g/mol. The third-order valence-electron chi connectivity index (χ3n) is 6.82. The van der Waals surface area contributed by atoms with Crippen LogP contribution in [0.15, 0.2) is 118 Å². The number of benzene rings is 4. The van der Waals surface area contributed by atoms with E-state index in [2.05, 4.69) is 17.4 Å². The number of methoxy groups -OCH3 is 1. The Morgan fingerprint density at radius 2 is 1.72 bits per heavy atom. The molecule has 0 bridgehead atoms. The van der Waals surface area contributed by atoms with E-state index in [1.807, 2.05) is 97.9 Å². The second kappa shape index (κ2) is 10.2. The van der Waals surface area contributed by atoms with E-state index in [4.69, 9.17) is 9.73 Å². The molecule has 1 aromatic heterocycles. The second-order valence-corrected chi connectivity index (χ2v) is 10.3. The maximum atomic E-state index is 14.0. The molecular weight excluding hydrogens is 506 g/mol. The molecule has 4 aromatic carbocycles. The molecule has 0 radical (unpaired) electrons. The van der Waals surface area contributed by atoms with Crippen molar-refractivity contribution < 1.29 is 9.53 Å². The van der Waals surface area contributed by atoms with Gasteiger partial charge in [0.1, 0.15) is 5.75 Å². The molecule has 6 nitrogen and oxygen atoms in total. The largest absolute Gasteiger partial charge is 0.497 e. The maximum absolute atomic E-state index is 14.0. The smallest absolute Gasteiger partial charge is 0.271 e. The summed E-state index contributed by atoms with van der Waals surface area (Å²) in [7, 11) is 1.60. The quantitative estimate of drug-likeness (QED) is 0.346. The average Bonchev–Trinajstić information content (AvgIpc) is 3.27. The third-order valence-corrected chi connectivity index (χ3v) is 7.80. The van der Waals surface area contributed by atoms with Crippen molar-refractivity contribution in [2.75, 3.05) is 12.4 Å². The van der Waals surface area contributed by atoms with E-state index in [1.165, 1.54) is 11.3 Å². The van der Waals surface area contributed by atoms with Gasteiger partial charge in [0.15, 0.2) is 4.80 Å². The van der Waals surface area contributed by atoms with Gasteiger partial charge in [-0.3, -0.25) is 14.2 Å². The predicted molar refractivity (Wildman–Crippen MR) is 156 cm³/mol. The van der Waals surface area contributed by atoms with Crippen molar-refractivity contribution in [3.63, 3.8) is 0 Å². The van der Waals surface area contributed by atoms with Gasteiger partial charge in [0.2, 0.25) is 0 Å². The third kappa shape index (κ3) is 4.57. The first kappa shape index (κ1) is 24.6. The van der Waals surface area contributed by atoms with Crippen LogP contribution in [0.3, 0.4) is 0 Å². The molecule has 192 valence electrons. The van der Waals surface area contributed by atoms with Crippen LogP contribution in [-0.2, 0) is 4.79 Å². The normalized spacial score (nSPS) is 15.1. The summed E-state index contributed by atoms with van der Waals surface area (Å²) in [5.74, 6) is 0.335. The minimum Gasteiger partial charge on any atom is -0.497 e. The number of carbonyl (C=O) groups excluding carboxylic acids is 1. The molecule has 0 fully saturated rings. The summed E-state index contributed by atoms with van der Waals surface area (Å²) in [4.78, 5) is 33.0. The van der Waals surface area contributed by atoms with Crippen molar-refractivity contribution in [1.82, 2.24) is 4.57 Å². The highest BCUT2D eigenvalue weighted by molar-refractivity contribution is 7.07. The number of amides is 1. The molecule has 2 heterocycles. The minimum absolute atomic E-state index is 0.197. The van der Waals surface area contributed by atoms with Gasteiger partial charge in [0, 0.05) is 5.69 Å². The van der Waals surface area contributed by atoms with Crippen LogP contribution < -0.4 is 24.9 Å². The lowest BCUT2D eigenvalue weighted by atomic mass is 9.95. The Balaban J connectivity index is 1.54. The number of para-hydroxylation sites is 1. The van der Waals surface area contributed by atoms with Crippen LogP contribution in [0.4, 0.5) is 5.69 Å². The highest BCUT2D eigenvalue weighted by Crippen LogP contribution is 2.32. The first-order valence-corrected chi connectivity index (χ1v) is 13.4. The van der Waals surface area contributed by atoms with Crippen LogP contribution in [0.5, 0.6) is 5.75 Å². The Hall–Kier alpha value is -4.75. The molecule has 7 heteroatoms. The van der Waals surface area contributed by atoms with Gasteiger partial charge in [-0.25, -0.2) is 4.99 Å². The van der Waals surface area contributed by atoms with Crippen molar-refractivity contribution >= 4 is 39.8 Å². The summed E-state index contributed by atoms with van der Waals surface area (Å²) in [6.45, 7) is 1.81. The van der Waals surface area contributed by atoms with E-state index in [-0.39, 0.29) is 11.5 Å². The predicted octanol–water partition coefficient (Wildman–Crippen LogP) is 5.04. The standard InChI is InChI=1S/C32H25N3O3S/c1-20-28(30(36)34-24-14-4-3-5-15-24)29(23-13-9-16-25(18-23)38-2)35-31(37)27(39-32(35)33-20)19-22-12-8-11-21-10-6-7-17-26(21)22/h3-19,29H,1-2H3,(H,34,36)/t29-/m1/s1. The van der Waals surface area contributed by atoms with Gasteiger partial charge in [-0.05, 0) is 59.2 Å². The SMILES string of the molecule is COc1cccc([C@@H]2C(C(=O)Nc3ccccc3)=C(C)N=c3sc(=Cc4cccc5ccccc45)c(=O)n32)c1. The Bertz CT molecular complexity index is 1930. The van der Waals surface area contributed by atoms with E-state index >= 15 is 0 Å². The van der Waals surface area contributed by atoms with Gasteiger partial charge in [-0.15, -0.1) is 0 Å². The zero-order chi connectivity index (χ0) is 26.9. The molecule has 5 aromatic rings. The van der Waals surface area contributed by atoms with Crippen molar-refractivity contribution in [2.45, 2.75) is 13.0 Å². The number of carbonyl (C=O) groups is 1. The molecule has 1 N–H and O–H groups in total. The van der Waals surface area contributed by atoms with Gasteiger partial charge in [-0.2, -0.15) is 0 Å². The molecular formula is C32H25N3O3S. The first-order valence-electron chi connectivity index (χ1n) is 12.5. The van der Waals surface area contributed by atoms with Crippen LogP contribution in [0.25, 0.3) is 16.8 Å². The van der Waals surface area contributed by atoms with Crippen LogP contribution in [0.2, 0.25) is 0 Å². The Morgan fingerprint density at radius 1 is 0.974 bits per heavy atom. The zero-order valence-corrected chi connectivity index (χ0v) is 22.2. The van der Waals surface area contributed by atoms with Crippen molar-refractivity contribution in [3.05, 3.63) is 139 Å². The average molecular weight is 532 g/mol. The molecule has 1 amide bonds. The van der Waals surface area contributed by atoms with Crippen molar-refractivity contribution in [3.8, 4) is 5.75 Å². The summed E-state index contributed by atoms with van der Waals surface area (Å²) in [6.07, 6.45) is 1.91. The number of hydrogen-bond donors (Lipinski definition) is 1. The number of ether oxygens (including phenoxy) is 1. The number of fused-ring (bicyclic) bond motifs is 2. The zero-order valence-electron chi connectivity index (χ0n) is 21.4. The molecule has 0 aliphatic carbocycles. The topological polar surface area (TPSA) is 72.7 Å². The van der Waals surface area contributed by atoms with E-state index in [9.17, 15) is 9.59 Å². The lowest BCUT2D eigenvalue weighted by Crippen LogP contribution is -2.40. The number of hydrogen-bond acceptors (Lipinski definition) is 5. The first-order chi connectivity index (χ1) is 19.0. The number of thiazole rings is 1. The number of rotatable bonds is 5. The van der Waals surface area contributed by atoms with Crippen molar-refractivity contribution in [1.29, 1.82) is 0 Å². The lowest BCUT2D eigenvalue weighted by molar-refractivity contribution is -0.113. The van der Waals surface area contributed by atoms with Crippen molar-refractivity contribution in [2.24, 2.45) is 4.99 Å². The number of allylic oxidation sites excluding steroid dienone is 1. The summed E-state index contributed by atoms with van der Waals surface area (Å²) in [5, 5.41) is 5.14. The Kier molecular flexibility index (Phi) is 6.42. The van der Waals surface area contributed by atoms with E-state index in [1.54, 1.807) is 11.7 Å². The second-order valence-electron chi connectivity index (χ2n) is 9.25. The fourth-order valence-electron chi connectivity index (χ4n) is 4.98. The Morgan fingerprint density at radius 3 is 2.54 bits per heavy atom. The van der Waals surface area contributed by atoms with E-state index in [0.29, 0.717) is 32.0 Å². The fourth-order valence-corrected chi connectivity index (χ4v) is 6.01. The van der Waals surface area contributed by atoms with Crippen LogP contribution in [-0.4, -0.2) is 17.6 Å². The minimum atomic E-state index is -0.672. The molecule has 1 aliphatic heterocycles. The molecule has 1 atom stereocenters. The van der Waals surface area contributed by atoms with Crippen LogP contribution in [0, 0.1) is 0 Å². The Labute approximate surface area is 228 Å². The van der Waals surface area contributed by atoms with Gasteiger partial charge >= 0.3 is 0 Å². The molecule has 0 saturated carbocycles. The van der Waals surface area contributed by atoms with Gasteiger partial charge in [0.25, 0.3) is 11.5 Å². The number of aromatic nitrogens is 1. The molecule has 39 heavy (non-hydrogen) atoms. The van der Waals surface area contributed by atoms with E-state index < -0.39 is 6.04 Å². The van der Waals surface area contributed by atoms with E-state index in [0.717, 1.165) is 21.9 Å². The highest BCUT2D eigenvalue weighted by atomic mass is 32.1. The van der Waals surface area contributed by atoms with Crippen LogP contribution in [0.1, 0.15) is 24.1 Å². The fraction of sp³-hybridized carbons (Fsp3) is 0.0938. The lowest BCUT2D eigenvalue weighted by Gasteiger charge is -2.25. The van der Waals surface area contributed by atoms with Gasteiger partial charge in [0.05, 0.1) is 29.0 Å². The summed E-state index contributed by atoms with van der Waals surface area (Å²) < 4.78 is 7.66. The number of nitrogens with one attached hydrogen (secondary N) is 1.